The minimum atomic E-state index is -3.86. The molecule has 0 saturated heterocycles. The number of sulfonamides is 1. The zero-order valence-corrected chi connectivity index (χ0v) is 14.9. The first-order chi connectivity index (χ1) is 10.1. The van der Waals surface area contributed by atoms with Gasteiger partial charge in [-0.2, -0.15) is 9.57 Å². The van der Waals surface area contributed by atoms with Crippen molar-refractivity contribution in [3.63, 3.8) is 0 Å². The maximum atomic E-state index is 12.7. The molecule has 0 heterocycles. The number of rotatable bonds is 6. The van der Waals surface area contributed by atoms with E-state index in [0.717, 1.165) is 6.07 Å². The van der Waals surface area contributed by atoms with Crippen molar-refractivity contribution in [2.45, 2.75) is 25.7 Å². The lowest BCUT2D eigenvalue weighted by Gasteiger charge is -2.22. The van der Waals surface area contributed by atoms with Gasteiger partial charge in [-0.25, -0.2) is 13.2 Å². The lowest BCUT2D eigenvalue weighted by molar-refractivity contribution is 0.0695. The van der Waals surface area contributed by atoms with Crippen LogP contribution in [-0.2, 0) is 10.0 Å². The van der Waals surface area contributed by atoms with Gasteiger partial charge in [0.05, 0.1) is 22.4 Å². The largest absolute Gasteiger partial charge is 0.478 e. The summed E-state index contributed by atoms with van der Waals surface area (Å²) in [6, 6.07) is 4.53. The summed E-state index contributed by atoms with van der Waals surface area (Å²) in [5.41, 5.74) is 0.386. The molecule has 1 aromatic rings. The number of hydrogen-bond donors (Lipinski definition) is 1. The second-order valence-corrected chi connectivity index (χ2v) is 7.66. The van der Waals surface area contributed by atoms with Crippen molar-refractivity contribution in [3.8, 4) is 6.07 Å². The summed E-state index contributed by atoms with van der Waals surface area (Å²) in [7, 11) is -3.86. The van der Waals surface area contributed by atoms with Crippen molar-refractivity contribution >= 4 is 31.9 Å². The second kappa shape index (κ2) is 7.22. The molecule has 8 heteroatoms. The van der Waals surface area contributed by atoms with Crippen LogP contribution in [0.2, 0.25) is 0 Å². The Morgan fingerprint density at radius 3 is 2.55 bits per heavy atom. The molecule has 0 aromatic heterocycles. The van der Waals surface area contributed by atoms with Crippen LogP contribution >= 0.6 is 15.9 Å². The third-order valence-corrected chi connectivity index (χ3v) is 5.98. The highest BCUT2D eigenvalue weighted by Gasteiger charge is 2.27. The number of nitrogens with zero attached hydrogens (tertiary/aromatic N) is 2. The highest BCUT2D eigenvalue weighted by Crippen LogP contribution is 2.27. The highest BCUT2D eigenvalue weighted by atomic mass is 79.9. The van der Waals surface area contributed by atoms with Crippen LogP contribution in [0.1, 0.15) is 29.8 Å². The Balaban J connectivity index is 3.39. The minimum Gasteiger partial charge on any atom is -0.478 e. The molecule has 1 atom stereocenters. The van der Waals surface area contributed by atoms with E-state index in [0.29, 0.717) is 10.0 Å². The number of aromatic carboxylic acids is 1. The molecule has 0 spiro atoms. The fraction of sp³-hybridized carbons (Fsp3) is 0.429. The standard InChI is InChI=1S/C14H17BrN2O4S/c1-4-17(8-9(2)7-16)22(20,21)11-5-12(14(18)19)10(3)13(15)6-11/h5-6,9H,4,8H2,1-3H3,(H,18,19)/t9-/m0/s1. The molecule has 0 amide bonds. The molecule has 0 aliphatic rings. The van der Waals surface area contributed by atoms with Crippen LogP contribution in [0.15, 0.2) is 21.5 Å². The van der Waals surface area contributed by atoms with Gasteiger partial charge < -0.3 is 5.11 Å². The first-order valence-corrected chi connectivity index (χ1v) is 8.81. The average Bonchev–Trinajstić information content (AvgIpc) is 2.46. The molecule has 0 fully saturated rings. The van der Waals surface area contributed by atoms with Crippen molar-refractivity contribution in [1.82, 2.24) is 4.31 Å². The highest BCUT2D eigenvalue weighted by molar-refractivity contribution is 9.10. The van der Waals surface area contributed by atoms with Crippen LogP contribution in [0.4, 0.5) is 0 Å². The Bertz CT molecular complexity index is 725. The number of carboxylic acid groups (broad SMARTS) is 1. The molecular formula is C14H17BrN2O4S. The van der Waals surface area contributed by atoms with Gasteiger partial charge in [0.2, 0.25) is 10.0 Å². The van der Waals surface area contributed by atoms with E-state index in [4.69, 9.17) is 5.26 Å². The molecule has 0 bridgehead atoms. The summed E-state index contributed by atoms with van der Waals surface area (Å²) in [6.45, 7) is 5.15. The summed E-state index contributed by atoms with van der Waals surface area (Å²) in [5.74, 6) is -1.65. The molecule has 1 rings (SSSR count). The number of carbonyl (C=O) groups is 1. The fourth-order valence-corrected chi connectivity index (χ4v) is 4.12. The fourth-order valence-electron chi connectivity index (χ4n) is 1.92. The number of carboxylic acids is 1. The first kappa shape index (κ1) is 18.6. The predicted molar refractivity (Wildman–Crippen MR) is 85.0 cm³/mol. The summed E-state index contributed by atoms with van der Waals surface area (Å²) >= 11 is 3.19. The van der Waals surface area contributed by atoms with Gasteiger partial charge in [-0.15, -0.1) is 0 Å². The van der Waals surface area contributed by atoms with Gasteiger partial charge >= 0.3 is 5.97 Å². The van der Waals surface area contributed by atoms with Gasteiger partial charge in [0.25, 0.3) is 0 Å². The molecule has 0 aliphatic heterocycles. The van der Waals surface area contributed by atoms with Gasteiger partial charge in [-0.05, 0) is 31.5 Å². The van der Waals surface area contributed by atoms with Gasteiger partial charge in [-0.1, -0.05) is 22.9 Å². The van der Waals surface area contributed by atoms with Crippen LogP contribution in [0, 0.1) is 24.2 Å². The first-order valence-electron chi connectivity index (χ1n) is 6.58. The maximum Gasteiger partial charge on any atom is 0.336 e. The summed E-state index contributed by atoms with van der Waals surface area (Å²) < 4.78 is 26.9. The molecule has 1 aromatic carbocycles. The monoisotopic (exact) mass is 388 g/mol. The van der Waals surface area contributed by atoms with Crippen molar-refractivity contribution < 1.29 is 18.3 Å². The van der Waals surface area contributed by atoms with Crippen LogP contribution in [0.25, 0.3) is 0 Å². The number of hydrogen-bond acceptors (Lipinski definition) is 4. The number of benzene rings is 1. The zero-order chi connectivity index (χ0) is 17.1. The van der Waals surface area contributed by atoms with Crippen molar-refractivity contribution in [3.05, 3.63) is 27.7 Å². The molecule has 0 radical (unpaired) electrons. The van der Waals surface area contributed by atoms with Crippen molar-refractivity contribution in [1.29, 1.82) is 5.26 Å². The third-order valence-electron chi connectivity index (χ3n) is 3.24. The predicted octanol–water partition coefficient (Wildman–Crippen LogP) is 2.63. The van der Waals surface area contributed by atoms with Crippen LogP contribution < -0.4 is 0 Å². The maximum absolute atomic E-state index is 12.7. The second-order valence-electron chi connectivity index (χ2n) is 4.87. The van der Waals surface area contributed by atoms with Gasteiger partial charge in [0.15, 0.2) is 0 Å². The Hall–Kier alpha value is -1.43. The Morgan fingerprint density at radius 1 is 1.50 bits per heavy atom. The Labute approximate surface area is 138 Å². The summed E-state index contributed by atoms with van der Waals surface area (Å²) in [4.78, 5) is 11.1. The van der Waals surface area contributed by atoms with Crippen LogP contribution in [0.3, 0.4) is 0 Å². The quantitative estimate of drug-likeness (QED) is 0.807. The van der Waals surface area contributed by atoms with Crippen molar-refractivity contribution in [2.24, 2.45) is 5.92 Å². The number of halogens is 1. The molecule has 1 N–H and O–H groups in total. The van der Waals surface area contributed by atoms with E-state index in [1.807, 2.05) is 6.07 Å². The van der Waals surface area contributed by atoms with E-state index < -0.39 is 21.9 Å². The molecule has 22 heavy (non-hydrogen) atoms. The van der Waals surface area contributed by atoms with Crippen LogP contribution in [-0.4, -0.2) is 36.9 Å². The minimum absolute atomic E-state index is 0.0588. The zero-order valence-electron chi connectivity index (χ0n) is 12.5. The van der Waals surface area contributed by atoms with E-state index in [1.54, 1.807) is 20.8 Å². The van der Waals surface area contributed by atoms with E-state index in [2.05, 4.69) is 15.9 Å². The third kappa shape index (κ3) is 3.85. The summed E-state index contributed by atoms with van der Waals surface area (Å²) in [6.07, 6.45) is 0. The van der Waals surface area contributed by atoms with E-state index in [9.17, 15) is 18.3 Å². The molecule has 0 saturated carbocycles. The van der Waals surface area contributed by atoms with E-state index >= 15 is 0 Å². The van der Waals surface area contributed by atoms with Crippen molar-refractivity contribution in [2.75, 3.05) is 13.1 Å². The lowest BCUT2D eigenvalue weighted by Crippen LogP contribution is -2.34. The molecule has 6 nitrogen and oxygen atoms in total. The SMILES string of the molecule is CCN(C[C@@H](C)C#N)S(=O)(=O)c1cc(Br)c(C)c(C(=O)O)c1. The summed E-state index contributed by atoms with van der Waals surface area (Å²) in [5, 5.41) is 18.0. The van der Waals surface area contributed by atoms with Gasteiger partial charge in [0.1, 0.15) is 0 Å². The lowest BCUT2D eigenvalue weighted by atomic mass is 10.1. The topological polar surface area (TPSA) is 98.5 Å². The smallest absolute Gasteiger partial charge is 0.336 e. The Kier molecular flexibility index (Phi) is 6.11. The van der Waals surface area contributed by atoms with Crippen LogP contribution in [0.5, 0.6) is 0 Å². The average molecular weight is 389 g/mol. The molecular weight excluding hydrogens is 372 g/mol. The molecule has 0 aliphatic carbocycles. The molecule has 0 unspecified atom stereocenters. The molecule has 120 valence electrons. The van der Waals surface area contributed by atoms with E-state index in [-0.39, 0.29) is 23.5 Å². The van der Waals surface area contributed by atoms with Gasteiger partial charge in [0, 0.05) is 17.6 Å². The number of nitriles is 1. The normalized spacial score (nSPS) is 12.9. The van der Waals surface area contributed by atoms with E-state index in [1.165, 1.54) is 10.4 Å². The van der Waals surface area contributed by atoms with Gasteiger partial charge in [-0.3, -0.25) is 0 Å². The Morgan fingerprint density at radius 2 is 2.09 bits per heavy atom.